The fourth-order valence-corrected chi connectivity index (χ4v) is 4.11. The van der Waals surface area contributed by atoms with Gasteiger partial charge < -0.3 is 10.6 Å². The summed E-state index contributed by atoms with van der Waals surface area (Å²) in [6, 6.07) is 0.400. The molecule has 2 N–H and O–H groups in total. The highest BCUT2D eigenvalue weighted by molar-refractivity contribution is 4.95. The smallest absolute Gasteiger partial charge is 0.0131 e. The third-order valence-electron chi connectivity index (χ3n) is 5.87. The van der Waals surface area contributed by atoms with Crippen LogP contribution in [0.3, 0.4) is 0 Å². The van der Waals surface area contributed by atoms with Crippen molar-refractivity contribution in [2.75, 3.05) is 19.6 Å². The van der Waals surface area contributed by atoms with Gasteiger partial charge in [0.2, 0.25) is 0 Å². The molecule has 2 heteroatoms. The lowest BCUT2D eigenvalue weighted by atomic mass is 9.85. The zero-order valence-corrected chi connectivity index (χ0v) is 13.5. The third-order valence-corrected chi connectivity index (χ3v) is 5.87. The van der Waals surface area contributed by atoms with Gasteiger partial charge in [0.05, 0.1) is 0 Å². The molecule has 2 nitrogen and oxygen atoms in total. The minimum Gasteiger partial charge on any atom is -0.327 e. The molecule has 0 bridgehead atoms. The fraction of sp³-hybridized carbons (Fsp3) is 1.00. The molecule has 0 aromatic carbocycles. The second-order valence-electron chi connectivity index (χ2n) is 8.05. The molecule has 1 aliphatic heterocycles. The van der Waals surface area contributed by atoms with Crippen molar-refractivity contribution in [3.63, 3.8) is 0 Å². The molecule has 0 aromatic rings. The predicted octanol–water partition coefficient (Wildman–Crippen LogP) is 3.51. The van der Waals surface area contributed by atoms with E-state index in [1.165, 1.54) is 51.7 Å². The molecule has 112 valence electrons. The lowest BCUT2D eigenvalue weighted by Gasteiger charge is -2.30. The molecule has 2 fully saturated rings. The summed E-state index contributed by atoms with van der Waals surface area (Å²) in [5, 5.41) is 0. The van der Waals surface area contributed by atoms with E-state index in [2.05, 4.69) is 32.6 Å². The Morgan fingerprint density at radius 2 is 1.89 bits per heavy atom. The van der Waals surface area contributed by atoms with Gasteiger partial charge in [-0.2, -0.15) is 0 Å². The Morgan fingerprint density at radius 3 is 2.47 bits per heavy atom. The maximum atomic E-state index is 6.46. The minimum absolute atomic E-state index is 0.358. The summed E-state index contributed by atoms with van der Waals surface area (Å²) < 4.78 is 0. The second-order valence-corrected chi connectivity index (χ2v) is 8.05. The van der Waals surface area contributed by atoms with Gasteiger partial charge >= 0.3 is 0 Å². The Morgan fingerprint density at radius 1 is 1.16 bits per heavy atom. The van der Waals surface area contributed by atoms with Crippen molar-refractivity contribution >= 4 is 0 Å². The summed E-state index contributed by atoms with van der Waals surface area (Å²) in [7, 11) is 0. The van der Waals surface area contributed by atoms with Gasteiger partial charge in [0.15, 0.2) is 0 Å². The summed E-state index contributed by atoms with van der Waals surface area (Å²) in [6.07, 6.45) is 6.84. The third kappa shape index (κ3) is 3.72. The van der Waals surface area contributed by atoms with Crippen molar-refractivity contribution in [3.05, 3.63) is 0 Å². The first-order valence-electron chi connectivity index (χ1n) is 8.38. The first-order valence-corrected chi connectivity index (χ1v) is 8.38. The standard InChI is InChI=1S/C17H34N2/c1-13(2)14-6-5-10-19(11-8-14)12-15-7-9-17(3,4)16(15)18/h13-16H,5-12,18H2,1-4H3. The Balaban J connectivity index is 1.84. The van der Waals surface area contributed by atoms with Crippen LogP contribution < -0.4 is 5.73 Å². The molecule has 0 radical (unpaired) electrons. The van der Waals surface area contributed by atoms with Gasteiger partial charge in [-0.1, -0.05) is 27.7 Å². The van der Waals surface area contributed by atoms with Crippen molar-refractivity contribution in [3.8, 4) is 0 Å². The molecule has 3 atom stereocenters. The number of hydrogen-bond acceptors (Lipinski definition) is 2. The van der Waals surface area contributed by atoms with E-state index in [1.807, 2.05) is 0 Å². The minimum atomic E-state index is 0.358. The Bertz CT molecular complexity index is 285. The second kappa shape index (κ2) is 6.13. The van der Waals surface area contributed by atoms with Gasteiger partial charge in [-0.3, -0.25) is 0 Å². The molecule has 2 aliphatic rings. The molecule has 3 unspecified atom stereocenters. The van der Waals surface area contributed by atoms with E-state index in [-0.39, 0.29) is 0 Å². The first kappa shape index (κ1) is 15.3. The van der Waals surface area contributed by atoms with Crippen molar-refractivity contribution < 1.29 is 0 Å². The van der Waals surface area contributed by atoms with Gasteiger partial charge in [0, 0.05) is 12.6 Å². The molecule has 1 aliphatic carbocycles. The van der Waals surface area contributed by atoms with E-state index in [1.54, 1.807) is 0 Å². The SMILES string of the molecule is CC(C)C1CCCN(CC2CCC(C)(C)C2N)CC1. The Hall–Kier alpha value is -0.0800. The number of hydrogen-bond donors (Lipinski definition) is 1. The summed E-state index contributed by atoms with van der Waals surface area (Å²) in [6.45, 7) is 13.3. The van der Waals surface area contributed by atoms with Crippen LogP contribution in [0, 0.1) is 23.2 Å². The molecule has 0 aromatic heterocycles. The average Bonchev–Trinajstić information content (AvgIpc) is 2.57. The van der Waals surface area contributed by atoms with E-state index >= 15 is 0 Å². The zero-order chi connectivity index (χ0) is 14.0. The average molecular weight is 266 g/mol. The predicted molar refractivity (Wildman–Crippen MR) is 83.1 cm³/mol. The van der Waals surface area contributed by atoms with Crippen LogP contribution in [-0.4, -0.2) is 30.6 Å². The molecule has 1 saturated carbocycles. The molecule has 1 saturated heterocycles. The lowest BCUT2D eigenvalue weighted by molar-refractivity contribution is 0.206. The molecule has 1 heterocycles. The van der Waals surface area contributed by atoms with Crippen LogP contribution in [0.15, 0.2) is 0 Å². The molecule has 2 rings (SSSR count). The van der Waals surface area contributed by atoms with E-state index < -0.39 is 0 Å². The van der Waals surface area contributed by atoms with Crippen LogP contribution in [0.2, 0.25) is 0 Å². The van der Waals surface area contributed by atoms with Crippen LogP contribution in [0.4, 0.5) is 0 Å². The van der Waals surface area contributed by atoms with Crippen molar-refractivity contribution in [2.24, 2.45) is 28.9 Å². The number of likely N-dealkylation sites (tertiary alicyclic amines) is 1. The number of rotatable bonds is 3. The van der Waals surface area contributed by atoms with Crippen LogP contribution >= 0.6 is 0 Å². The molecular formula is C17H34N2. The lowest BCUT2D eigenvalue weighted by Crippen LogP contribution is -2.42. The molecule has 19 heavy (non-hydrogen) atoms. The van der Waals surface area contributed by atoms with Crippen LogP contribution in [0.1, 0.15) is 59.8 Å². The summed E-state index contributed by atoms with van der Waals surface area (Å²) in [5.74, 6) is 2.52. The quantitative estimate of drug-likeness (QED) is 0.847. The van der Waals surface area contributed by atoms with E-state index in [0.717, 1.165) is 17.8 Å². The van der Waals surface area contributed by atoms with Crippen molar-refractivity contribution in [1.82, 2.24) is 4.90 Å². The first-order chi connectivity index (χ1) is 8.90. The monoisotopic (exact) mass is 266 g/mol. The van der Waals surface area contributed by atoms with Gasteiger partial charge in [-0.15, -0.1) is 0 Å². The van der Waals surface area contributed by atoms with Gasteiger partial charge in [0.1, 0.15) is 0 Å². The molecule has 0 amide bonds. The fourth-order valence-electron chi connectivity index (χ4n) is 4.11. The maximum absolute atomic E-state index is 6.46. The van der Waals surface area contributed by atoms with Crippen LogP contribution in [-0.2, 0) is 0 Å². The van der Waals surface area contributed by atoms with Crippen LogP contribution in [0.25, 0.3) is 0 Å². The maximum Gasteiger partial charge on any atom is 0.0131 e. The highest BCUT2D eigenvalue weighted by Gasteiger charge is 2.39. The van der Waals surface area contributed by atoms with Gasteiger partial charge in [-0.05, 0) is 68.4 Å². The summed E-state index contributed by atoms with van der Waals surface area (Å²) in [4.78, 5) is 2.70. The topological polar surface area (TPSA) is 29.3 Å². The zero-order valence-electron chi connectivity index (χ0n) is 13.5. The Labute approximate surface area is 120 Å². The van der Waals surface area contributed by atoms with Crippen molar-refractivity contribution in [2.45, 2.75) is 65.8 Å². The molecule has 0 spiro atoms. The normalized spacial score (nSPS) is 36.6. The Kier molecular flexibility index (Phi) is 4.94. The molecular weight excluding hydrogens is 232 g/mol. The van der Waals surface area contributed by atoms with Crippen molar-refractivity contribution in [1.29, 1.82) is 0 Å². The number of nitrogens with two attached hydrogens (primary N) is 1. The largest absolute Gasteiger partial charge is 0.327 e. The highest BCUT2D eigenvalue weighted by Crippen LogP contribution is 2.40. The highest BCUT2D eigenvalue weighted by atomic mass is 15.1. The van der Waals surface area contributed by atoms with Crippen LogP contribution in [0.5, 0.6) is 0 Å². The van der Waals surface area contributed by atoms with E-state index in [0.29, 0.717) is 11.5 Å². The summed E-state index contributed by atoms with van der Waals surface area (Å²) >= 11 is 0. The van der Waals surface area contributed by atoms with E-state index in [4.69, 9.17) is 5.73 Å². The van der Waals surface area contributed by atoms with Gasteiger partial charge in [0.25, 0.3) is 0 Å². The summed E-state index contributed by atoms with van der Waals surface area (Å²) in [5.41, 5.74) is 6.82. The number of nitrogens with zero attached hydrogens (tertiary/aromatic N) is 1. The van der Waals surface area contributed by atoms with E-state index in [9.17, 15) is 0 Å². The van der Waals surface area contributed by atoms with Gasteiger partial charge in [-0.25, -0.2) is 0 Å².